The third-order valence-corrected chi connectivity index (χ3v) is 3.81. The van der Waals surface area contributed by atoms with Crippen LogP contribution in [0.2, 0.25) is 0 Å². The molecule has 102 valence electrons. The summed E-state index contributed by atoms with van der Waals surface area (Å²) in [4.78, 5) is 0. The Bertz CT molecular complexity index is 443. The third kappa shape index (κ3) is 3.81. The van der Waals surface area contributed by atoms with Crippen molar-refractivity contribution >= 4 is 11.0 Å². The van der Waals surface area contributed by atoms with Crippen LogP contribution < -0.4 is 4.72 Å². The van der Waals surface area contributed by atoms with Crippen LogP contribution >= 0.6 is 0 Å². The zero-order valence-corrected chi connectivity index (χ0v) is 11.3. The Hall–Kier alpha value is -0.880. The van der Waals surface area contributed by atoms with Crippen molar-refractivity contribution in [2.75, 3.05) is 0 Å². The Balaban J connectivity index is 2.81. The fraction of sp³-hybridized carbons (Fsp3) is 0.500. The van der Waals surface area contributed by atoms with Crippen molar-refractivity contribution in [3.63, 3.8) is 0 Å². The normalized spacial score (nSPS) is 13.9. The van der Waals surface area contributed by atoms with Crippen LogP contribution in [0.4, 0.5) is 13.2 Å². The van der Waals surface area contributed by atoms with E-state index in [9.17, 15) is 17.4 Å². The molecule has 1 rings (SSSR count). The summed E-state index contributed by atoms with van der Waals surface area (Å²) in [5.74, 6) is -0.939. The van der Waals surface area contributed by atoms with Crippen molar-refractivity contribution in [1.29, 1.82) is 0 Å². The highest BCUT2D eigenvalue weighted by atomic mass is 32.2. The van der Waals surface area contributed by atoms with E-state index in [4.69, 9.17) is 0 Å². The number of rotatable bonds is 4. The van der Waals surface area contributed by atoms with Gasteiger partial charge >= 0.3 is 0 Å². The summed E-state index contributed by atoms with van der Waals surface area (Å²) in [5.41, 5.74) is -0.541. The lowest BCUT2D eigenvalue weighted by molar-refractivity contribution is 0.146. The summed E-state index contributed by atoms with van der Waals surface area (Å²) in [6.07, 6.45) is -2.85. The molecule has 0 fully saturated rings. The number of halogens is 3. The van der Waals surface area contributed by atoms with Crippen LogP contribution in [0.15, 0.2) is 18.2 Å². The molecule has 0 spiro atoms. The SMILES string of the molecule is CC(C)(C)S(=O)NCc1cccc(C(F)F)c1F. The number of alkyl halides is 2. The summed E-state index contributed by atoms with van der Waals surface area (Å²) in [5, 5.41) is 0. The van der Waals surface area contributed by atoms with E-state index in [1.165, 1.54) is 12.1 Å². The van der Waals surface area contributed by atoms with Gasteiger partial charge in [-0.2, -0.15) is 0 Å². The minimum atomic E-state index is -2.85. The van der Waals surface area contributed by atoms with Crippen molar-refractivity contribution in [2.24, 2.45) is 0 Å². The molecule has 0 aliphatic rings. The van der Waals surface area contributed by atoms with Crippen molar-refractivity contribution in [2.45, 2.75) is 38.5 Å². The fourth-order valence-electron chi connectivity index (χ4n) is 1.26. The smallest absolute Gasteiger partial charge is 0.242 e. The van der Waals surface area contributed by atoms with Crippen LogP contribution in [0.3, 0.4) is 0 Å². The van der Waals surface area contributed by atoms with Gasteiger partial charge in [0.25, 0.3) is 6.43 Å². The molecule has 6 heteroatoms. The molecule has 0 aliphatic heterocycles. The van der Waals surface area contributed by atoms with Crippen LogP contribution in [0.1, 0.15) is 38.3 Å². The predicted octanol–water partition coefficient (Wildman–Crippen LogP) is 3.32. The second kappa shape index (κ2) is 5.84. The molecule has 0 aliphatic carbocycles. The molecule has 0 bridgehead atoms. The van der Waals surface area contributed by atoms with Gasteiger partial charge in [0.05, 0.1) is 21.3 Å². The van der Waals surface area contributed by atoms with Gasteiger partial charge in [0.15, 0.2) is 0 Å². The number of hydrogen-bond acceptors (Lipinski definition) is 1. The van der Waals surface area contributed by atoms with Gasteiger partial charge in [0, 0.05) is 12.1 Å². The standard InChI is InChI=1S/C12H16F3NOS/c1-12(2,3)18(17)16-7-8-5-4-6-9(10(8)13)11(14)15/h4-6,11,16H,7H2,1-3H3. The highest BCUT2D eigenvalue weighted by Crippen LogP contribution is 2.24. The van der Waals surface area contributed by atoms with Crippen molar-refractivity contribution < 1.29 is 17.4 Å². The maximum absolute atomic E-state index is 13.7. The van der Waals surface area contributed by atoms with Gasteiger partial charge in [0.1, 0.15) is 5.82 Å². The molecule has 0 radical (unpaired) electrons. The summed E-state index contributed by atoms with van der Waals surface area (Å²) in [6.45, 7) is 5.25. The summed E-state index contributed by atoms with van der Waals surface area (Å²) < 4.78 is 52.4. The lowest BCUT2D eigenvalue weighted by Gasteiger charge is -2.18. The molecular weight excluding hydrogens is 263 g/mol. The highest BCUT2D eigenvalue weighted by molar-refractivity contribution is 7.84. The van der Waals surface area contributed by atoms with E-state index in [1.54, 1.807) is 20.8 Å². The topological polar surface area (TPSA) is 29.1 Å². The van der Waals surface area contributed by atoms with Gasteiger partial charge in [-0.05, 0) is 20.8 Å². The first-order chi connectivity index (χ1) is 8.23. The predicted molar refractivity (Wildman–Crippen MR) is 66.1 cm³/mol. The molecule has 0 saturated carbocycles. The number of benzene rings is 1. The molecule has 1 atom stereocenters. The first kappa shape index (κ1) is 15.2. The van der Waals surface area contributed by atoms with Crippen LogP contribution in [-0.2, 0) is 17.5 Å². The van der Waals surface area contributed by atoms with Crippen LogP contribution in [0.25, 0.3) is 0 Å². The van der Waals surface area contributed by atoms with E-state index >= 15 is 0 Å². The molecule has 1 unspecified atom stereocenters. The minimum absolute atomic E-state index is 0.0454. The van der Waals surface area contributed by atoms with Crippen molar-refractivity contribution in [3.05, 3.63) is 35.1 Å². The Morgan fingerprint density at radius 3 is 2.44 bits per heavy atom. The van der Waals surface area contributed by atoms with Gasteiger partial charge < -0.3 is 0 Å². The highest BCUT2D eigenvalue weighted by Gasteiger charge is 2.20. The Kier molecular flexibility index (Phi) is 4.92. The summed E-state index contributed by atoms with van der Waals surface area (Å²) >= 11 is 0. The maximum Gasteiger partial charge on any atom is 0.266 e. The Morgan fingerprint density at radius 1 is 1.33 bits per heavy atom. The molecule has 2 nitrogen and oxygen atoms in total. The third-order valence-electron chi connectivity index (χ3n) is 2.29. The molecule has 1 aromatic rings. The van der Waals surface area contributed by atoms with Crippen molar-refractivity contribution in [3.8, 4) is 0 Å². The quantitative estimate of drug-likeness (QED) is 0.900. The Morgan fingerprint density at radius 2 is 1.94 bits per heavy atom. The van der Waals surface area contributed by atoms with Gasteiger partial charge in [-0.1, -0.05) is 18.2 Å². The first-order valence-electron chi connectivity index (χ1n) is 5.44. The number of nitrogens with one attached hydrogen (secondary N) is 1. The van der Waals surface area contributed by atoms with Crippen molar-refractivity contribution in [1.82, 2.24) is 4.72 Å². The molecule has 0 heterocycles. The van der Waals surface area contributed by atoms with Crippen LogP contribution in [-0.4, -0.2) is 8.96 Å². The average molecular weight is 279 g/mol. The molecular formula is C12H16F3NOS. The van der Waals surface area contributed by atoms with E-state index in [1.807, 2.05) is 0 Å². The van der Waals surface area contributed by atoms with Gasteiger partial charge in [-0.15, -0.1) is 0 Å². The van der Waals surface area contributed by atoms with E-state index in [2.05, 4.69) is 4.72 Å². The summed E-state index contributed by atoms with van der Waals surface area (Å²) in [7, 11) is -1.37. The largest absolute Gasteiger partial charge is 0.266 e. The first-order valence-corrected chi connectivity index (χ1v) is 6.59. The van der Waals surface area contributed by atoms with E-state index in [-0.39, 0.29) is 12.1 Å². The lowest BCUT2D eigenvalue weighted by atomic mass is 10.1. The molecule has 0 aromatic heterocycles. The maximum atomic E-state index is 13.7. The van der Waals surface area contributed by atoms with Gasteiger partial charge in [0.2, 0.25) is 0 Å². The molecule has 1 aromatic carbocycles. The van der Waals surface area contributed by atoms with E-state index in [0.717, 1.165) is 6.07 Å². The molecule has 0 saturated heterocycles. The average Bonchev–Trinajstić information content (AvgIpc) is 2.25. The van der Waals surface area contributed by atoms with Gasteiger partial charge in [-0.25, -0.2) is 22.1 Å². The number of hydrogen-bond donors (Lipinski definition) is 1. The lowest BCUT2D eigenvalue weighted by Crippen LogP contribution is -2.33. The molecule has 1 N–H and O–H groups in total. The Labute approximate surface area is 107 Å². The zero-order valence-electron chi connectivity index (χ0n) is 10.5. The monoisotopic (exact) mass is 279 g/mol. The van der Waals surface area contributed by atoms with E-state index in [0.29, 0.717) is 0 Å². The van der Waals surface area contributed by atoms with Gasteiger partial charge in [-0.3, -0.25) is 0 Å². The zero-order chi connectivity index (χ0) is 13.9. The molecule has 0 amide bonds. The van der Waals surface area contributed by atoms with Crippen LogP contribution in [0, 0.1) is 5.82 Å². The second-order valence-corrected chi connectivity index (χ2v) is 6.87. The second-order valence-electron chi connectivity index (χ2n) is 4.82. The van der Waals surface area contributed by atoms with Crippen LogP contribution in [0.5, 0.6) is 0 Å². The minimum Gasteiger partial charge on any atom is -0.242 e. The van der Waals surface area contributed by atoms with E-state index < -0.39 is 33.5 Å². The fourth-order valence-corrected chi connectivity index (χ4v) is 1.98. The molecule has 18 heavy (non-hydrogen) atoms. The summed E-state index contributed by atoms with van der Waals surface area (Å²) in [6, 6.07) is 3.81.